The molecule has 92 valence electrons. The number of ether oxygens (including phenoxy) is 2. The van der Waals surface area contributed by atoms with Crippen molar-refractivity contribution in [3.05, 3.63) is 0 Å². The molecule has 1 aliphatic carbocycles. The molecule has 1 saturated heterocycles. The van der Waals surface area contributed by atoms with Gasteiger partial charge in [0.25, 0.3) is 0 Å². The Balaban J connectivity index is 1.94. The number of carbonyl (C=O) groups excluding carboxylic acids is 1. The van der Waals surface area contributed by atoms with E-state index in [4.69, 9.17) is 15.2 Å². The zero-order valence-electron chi connectivity index (χ0n) is 9.91. The molecule has 0 amide bonds. The van der Waals surface area contributed by atoms with Gasteiger partial charge in [0.1, 0.15) is 6.10 Å². The van der Waals surface area contributed by atoms with Crippen LogP contribution in [-0.2, 0) is 14.3 Å². The summed E-state index contributed by atoms with van der Waals surface area (Å²) in [4.78, 5) is 12.1. The smallest absolute Gasteiger partial charge is 0.313 e. The molecule has 0 aromatic carbocycles. The van der Waals surface area contributed by atoms with Crippen molar-refractivity contribution in [1.29, 1.82) is 0 Å². The lowest BCUT2D eigenvalue weighted by Gasteiger charge is -2.38. The van der Waals surface area contributed by atoms with Crippen molar-refractivity contribution in [1.82, 2.24) is 0 Å². The van der Waals surface area contributed by atoms with E-state index in [9.17, 15) is 4.79 Å². The minimum Gasteiger partial charge on any atom is -0.457 e. The number of esters is 1. The van der Waals surface area contributed by atoms with Gasteiger partial charge in [-0.05, 0) is 31.6 Å². The Bertz CT molecular complexity index is 255. The van der Waals surface area contributed by atoms with E-state index in [0.717, 1.165) is 25.7 Å². The number of hydrogen-bond donors (Lipinski definition) is 1. The molecule has 0 bridgehead atoms. The minimum absolute atomic E-state index is 0.0322. The third-order valence-corrected chi connectivity index (χ3v) is 3.94. The lowest BCUT2D eigenvalue weighted by Crippen LogP contribution is -2.47. The molecule has 0 atom stereocenters. The van der Waals surface area contributed by atoms with Crippen LogP contribution in [0.5, 0.6) is 0 Å². The van der Waals surface area contributed by atoms with E-state index in [1.54, 1.807) is 0 Å². The molecule has 0 radical (unpaired) electrons. The molecule has 16 heavy (non-hydrogen) atoms. The van der Waals surface area contributed by atoms with Crippen LogP contribution in [0.15, 0.2) is 0 Å². The molecule has 2 N–H and O–H groups in total. The van der Waals surface area contributed by atoms with Gasteiger partial charge in [-0.3, -0.25) is 4.79 Å². The molecule has 1 aliphatic heterocycles. The molecule has 0 spiro atoms. The summed E-state index contributed by atoms with van der Waals surface area (Å²) in [6.45, 7) is 3.73. The van der Waals surface area contributed by atoms with Gasteiger partial charge >= 0.3 is 5.97 Å². The first-order valence-corrected chi connectivity index (χ1v) is 6.15. The molecule has 1 saturated carbocycles. The maximum Gasteiger partial charge on any atom is 0.313 e. The Kier molecular flexibility index (Phi) is 3.50. The van der Waals surface area contributed by atoms with Crippen molar-refractivity contribution in [3.63, 3.8) is 0 Å². The summed E-state index contributed by atoms with van der Waals surface area (Å²) in [6, 6.07) is 0. The first-order valence-electron chi connectivity index (χ1n) is 6.15. The number of carbonyl (C=O) groups is 1. The van der Waals surface area contributed by atoms with E-state index in [-0.39, 0.29) is 12.1 Å². The molecule has 2 aliphatic rings. The molecule has 0 aromatic rings. The van der Waals surface area contributed by atoms with Crippen LogP contribution in [0, 0.1) is 11.3 Å². The van der Waals surface area contributed by atoms with Gasteiger partial charge in [0, 0.05) is 6.54 Å². The average molecular weight is 227 g/mol. The van der Waals surface area contributed by atoms with Gasteiger partial charge < -0.3 is 15.2 Å². The van der Waals surface area contributed by atoms with Gasteiger partial charge in [-0.1, -0.05) is 6.92 Å². The molecule has 1 heterocycles. The highest BCUT2D eigenvalue weighted by Crippen LogP contribution is 2.39. The van der Waals surface area contributed by atoms with Crippen LogP contribution in [0.4, 0.5) is 0 Å². The lowest BCUT2D eigenvalue weighted by molar-refractivity contribution is -0.185. The maximum atomic E-state index is 12.1. The van der Waals surface area contributed by atoms with Crippen molar-refractivity contribution in [3.8, 4) is 0 Å². The molecular weight excluding hydrogens is 206 g/mol. The molecule has 0 unspecified atom stereocenters. The lowest BCUT2D eigenvalue weighted by atomic mass is 9.71. The van der Waals surface area contributed by atoms with Crippen LogP contribution in [0.25, 0.3) is 0 Å². The van der Waals surface area contributed by atoms with Gasteiger partial charge in [0.05, 0.1) is 18.6 Å². The van der Waals surface area contributed by atoms with Gasteiger partial charge in [0.2, 0.25) is 0 Å². The summed E-state index contributed by atoms with van der Waals surface area (Å²) in [5, 5.41) is 0. The highest BCUT2D eigenvalue weighted by molar-refractivity contribution is 5.77. The molecule has 4 heteroatoms. The predicted octanol–water partition coefficient (Wildman–Crippen LogP) is 1.08. The molecule has 0 aromatic heterocycles. The van der Waals surface area contributed by atoms with Crippen LogP contribution in [0.2, 0.25) is 0 Å². The van der Waals surface area contributed by atoms with E-state index in [1.165, 1.54) is 0 Å². The highest BCUT2D eigenvalue weighted by atomic mass is 16.6. The fraction of sp³-hybridized carbons (Fsp3) is 0.917. The highest BCUT2D eigenvalue weighted by Gasteiger charge is 2.42. The Morgan fingerprint density at radius 2 is 2.06 bits per heavy atom. The van der Waals surface area contributed by atoms with E-state index < -0.39 is 5.41 Å². The molecule has 2 fully saturated rings. The van der Waals surface area contributed by atoms with Crippen molar-refractivity contribution >= 4 is 5.97 Å². The first-order chi connectivity index (χ1) is 7.66. The minimum atomic E-state index is -0.415. The van der Waals surface area contributed by atoms with Crippen molar-refractivity contribution in [2.24, 2.45) is 17.1 Å². The fourth-order valence-corrected chi connectivity index (χ4v) is 2.36. The Hall–Kier alpha value is -0.610. The quantitative estimate of drug-likeness (QED) is 0.733. The summed E-state index contributed by atoms with van der Waals surface area (Å²) in [7, 11) is 0. The summed E-state index contributed by atoms with van der Waals surface area (Å²) < 4.78 is 10.4. The van der Waals surface area contributed by atoms with Gasteiger partial charge in [-0.2, -0.15) is 0 Å². The monoisotopic (exact) mass is 227 g/mol. The second-order valence-electron chi connectivity index (χ2n) is 5.23. The van der Waals surface area contributed by atoms with Gasteiger partial charge in [-0.25, -0.2) is 0 Å². The fourth-order valence-electron chi connectivity index (χ4n) is 2.36. The number of hydrogen-bond acceptors (Lipinski definition) is 4. The second kappa shape index (κ2) is 4.72. The topological polar surface area (TPSA) is 61.6 Å². The number of nitrogens with two attached hydrogens (primary N) is 1. The standard InChI is InChI=1S/C12H21NO3/c1-9-2-4-12(8-13,5-3-9)11(14)16-10-6-15-7-10/h9-10H,2-8,13H2,1H3. The third-order valence-electron chi connectivity index (χ3n) is 3.94. The Labute approximate surface area is 96.5 Å². The summed E-state index contributed by atoms with van der Waals surface area (Å²) in [6.07, 6.45) is 3.87. The van der Waals surface area contributed by atoms with E-state index >= 15 is 0 Å². The largest absolute Gasteiger partial charge is 0.457 e. The predicted molar refractivity (Wildman–Crippen MR) is 59.8 cm³/mol. The van der Waals surface area contributed by atoms with Crippen LogP contribution in [0.1, 0.15) is 32.6 Å². The number of rotatable bonds is 3. The maximum absolute atomic E-state index is 12.1. The summed E-state index contributed by atoms with van der Waals surface area (Å²) in [5.41, 5.74) is 5.37. The second-order valence-corrected chi connectivity index (χ2v) is 5.23. The van der Waals surface area contributed by atoms with E-state index in [1.807, 2.05) is 0 Å². The molecular formula is C12H21NO3. The van der Waals surface area contributed by atoms with Crippen LogP contribution >= 0.6 is 0 Å². The molecule has 2 rings (SSSR count). The SMILES string of the molecule is CC1CCC(CN)(C(=O)OC2COC2)CC1. The third kappa shape index (κ3) is 2.23. The Morgan fingerprint density at radius 1 is 1.44 bits per heavy atom. The molecule has 4 nitrogen and oxygen atoms in total. The van der Waals surface area contributed by atoms with Crippen LogP contribution < -0.4 is 5.73 Å². The van der Waals surface area contributed by atoms with Crippen molar-refractivity contribution < 1.29 is 14.3 Å². The zero-order chi connectivity index (χ0) is 11.6. The normalized spacial score (nSPS) is 35.5. The Morgan fingerprint density at radius 3 is 2.50 bits per heavy atom. The van der Waals surface area contributed by atoms with Gasteiger partial charge in [-0.15, -0.1) is 0 Å². The zero-order valence-corrected chi connectivity index (χ0v) is 9.91. The van der Waals surface area contributed by atoms with E-state index in [2.05, 4.69) is 6.92 Å². The first kappa shape index (κ1) is 11.9. The van der Waals surface area contributed by atoms with Crippen molar-refractivity contribution in [2.45, 2.75) is 38.7 Å². The van der Waals surface area contributed by atoms with Crippen LogP contribution in [0.3, 0.4) is 0 Å². The van der Waals surface area contributed by atoms with Crippen LogP contribution in [-0.4, -0.2) is 31.8 Å². The average Bonchev–Trinajstić information content (AvgIpc) is 2.25. The summed E-state index contributed by atoms with van der Waals surface area (Å²) in [5.74, 6) is 0.606. The van der Waals surface area contributed by atoms with Crippen molar-refractivity contribution in [2.75, 3.05) is 19.8 Å². The van der Waals surface area contributed by atoms with E-state index in [0.29, 0.717) is 25.7 Å². The van der Waals surface area contributed by atoms with Gasteiger partial charge in [0.15, 0.2) is 0 Å². The summed E-state index contributed by atoms with van der Waals surface area (Å²) >= 11 is 0.